The lowest BCUT2D eigenvalue weighted by atomic mass is 10.1. The first-order valence-electron chi connectivity index (χ1n) is 10.1. The number of fused-ring (bicyclic) bond motifs is 1. The van der Waals surface area contributed by atoms with Crippen LogP contribution in [0.2, 0.25) is 0 Å². The number of piperazine rings is 1. The van der Waals surface area contributed by atoms with Crippen molar-refractivity contribution in [3.8, 4) is 17.1 Å². The van der Waals surface area contributed by atoms with E-state index < -0.39 is 0 Å². The van der Waals surface area contributed by atoms with Gasteiger partial charge in [0.25, 0.3) is 0 Å². The highest BCUT2D eigenvalue weighted by atomic mass is 16.5. The Balaban J connectivity index is 1.35. The number of aryl methyl sites for hydroxylation is 1. The Morgan fingerprint density at radius 2 is 1.80 bits per heavy atom. The van der Waals surface area contributed by atoms with E-state index in [-0.39, 0.29) is 11.9 Å². The molecule has 1 saturated heterocycles. The Kier molecular flexibility index (Phi) is 4.78. The minimum absolute atomic E-state index is 0.123. The molecule has 2 aromatic heterocycles. The quantitative estimate of drug-likeness (QED) is 0.651. The van der Waals surface area contributed by atoms with Crippen molar-refractivity contribution < 1.29 is 9.53 Å². The van der Waals surface area contributed by atoms with E-state index in [1.807, 2.05) is 33.7 Å². The summed E-state index contributed by atoms with van der Waals surface area (Å²) < 4.78 is 7.49. The lowest BCUT2D eigenvalue weighted by Gasteiger charge is -2.36. The molecule has 5 rings (SSSR count). The summed E-state index contributed by atoms with van der Waals surface area (Å²) in [5, 5.41) is 8.72. The Labute approximate surface area is 174 Å². The van der Waals surface area contributed by atoms with Crippen molar-refractivity contribution in [3.63, 3.8) is 0 Å². The van der Waals surface area contributed by atoms with Crippen LogP contribution in [0.4, 0.5) is 5.95 Å². The number of amides is 1. The predicted molar refractivity (Wildman–Crippen MR) is 110 cm³/mol. The van der Waals surface area contributed by atoms with Gasteiger partial charge in [-0.15, -0.1) is 10.2 Å². The molecule has 1 aromatic carbocycles. The number of hydrogen-bond donors (Lipinski definition) is 0. The fourth-order valence-electron chi connectivity index (χ4n) is 4.26. The molecule has 2 aliphatic heterocycles. The molecule has 9 heteroatoms. The van der Waals surface area contributed by atoms with Gasteiger partial charge in [-0.05, 0) is 24.6 Å². The van der Waals surface area contributed by atoms with Crippen molar-refractivity contribution in [2.24, 2.45) is 0 Å². The van der Waals surface area contributed by atoms with Crippen molar-refractivity contribution >= 4 is 11.9 Å². The third kappa shape index (κ3) is 3.16. The van der Waals surface area contributed by atoms with E-state index in [9.17, 15) is 4.79 Å². The second-order valence-corrected chi connectivity index (χ2v) is 7.43. The molecule has 0 spiro atoms. The van der Waals surface area contributed by atoms with Crippen LogP contribution in [0.1, 0.15) is 18.3 Å². The summed E-state index contributed by atoms with van der Waals surface area (Å²) >= 11 is 0. The Bertz CT molecular complexity index is 1040. The number of rotatable bonds is 4. The molecule has 154 valence electrons. The third-order valence-electron chi connectivity index (χ3n) is 5.78. The molecule has 0 radical (unpaired) electrons. The molecule has 9 nitrogen and oxygen atoms in total. The van der Waals surface area contributed by atoms with E-state index in [1.54, 1.807) is 25.6 Å². The van der Waals surface area contributed by atoms with Crippen molar-refractivity contribution in [2.75, 3.05) is 38.2 Å². The summed E-state index contributed by atoms with van der Waals surface area (Å²) in [5.41, 5.74) is 0.851. The van der Waals surface area contributed by atoms with Gasteiger partial charge in [0.2, 0.25) is 11.9 Å². The summed E-state index contributed by atoms with van der Waals surface area (Å²) in [6.45, 7) is 2.73. The van der Waals surface area contributed by atoms with Crippen LogP contribution in [0.25, 0.3) is 11.4 Å². The summed E-state index contributed by atoms with van der Waals surface area (Å²) in [7, 11) is 1.64. The lowest BCUT2D eigenvalue weighted by Crippen LogP contribution is -2.50. The van der Waals surface area contributed by atoms with E-state index in [0.717, 1.165) is 43.1 Å². The molecular weight excluding hydrogens is 382 g/mol. The number of methoxy groups -OCH3 is 1. The minimum Gasteiger partial charge on any atom is -0.496 e. The zero-order valence-electron chi connectivity index (χ0n) is 16.8. The van der Waals surface area contributed by atoms with Gasteiger partial charge in [-0.3, -0.25) is 9.36 Å². The maximum Gasteiger partial charge on any atom is 0.245 e. The van der Waals surface area contributed by atoms with Crippen molar-refractivity contribution in [1.29, 1.82) is 0 Å². The van der Waals surface area contributed by atoms with Gasteiger partial charge in [-0.2, -0.15) is 0 Å². The third-order valence-corrected chi connectivity index (χ3v) is 5.78. The van der Waals surface area contributed by atoms with E-state index in [4.69, 9.17) is 4.74 Å². The number of para-hydroxylation sites is 1. The SMILES string of the molecule is COc1ccccc1-c1nnc2n1C(C(=O)N1CCN(c3ncccn3)CC1)CC2. The molecule has 2 aliphatic rings. The van der Waals surface area contributed by atoms with Gasteiger partial charge in [0, 0.05) is 45.0 Å². The normalized spacial score (nSPS) is 18.4. The average molecular weight is 405 g/mol. The molecule has 1 atom stereocenters. The van der Waals surface area contributed by atoms with Gasteiger partial charge in [0.05, 0.1) is 12.7 Å². The zero-order valence-corrected chi connectivity index (χ0v) is 16.8. The van der Waals surface area contributed by atoms with Gasteiger partial charge in [-0.1, -0.05) is 12.1 Å². The van der Waals surface area contributed by atoms with Crippen LogP contribution in [0.3, 0.4) is 0 Å². The van der Waals surface area contributed by atoms with Crippen molar-refractivity contribution in [3.05, 3.63) is 48.5 Å². The van der Waals surface area contributed by atoms with Gasteiger partial charge >= 0.3 is 0 Å². The first kappa shape index (κ1) is 18.5. The maximum atomic E-state index is 13.4. The molecule has 1 unspecified atom stereocenters. The van der Waals surface area contributed by atoms with E-state index in [1.165, 1.54) is 0 Å². The Morgan fingerprint density at radius 3 is 2.57 bits per heavy atom. The van der Waals surface area contributed by atoms with E-state index >= 15 is 0 Å². The first-order chi connectivity index (χ1) is 14.8. The van der Waals surface area contributed by atoms with Crippen LogP contribution in [0, 0.1) is 0 Å². The molecule has 0 saturated carbocycles. The highest BCUT2D eigenvalue weighted by Crippen LogP contribution is 2.36. The minimum atomic E-state index is -0.283. The average Bonchev–Trinajstić information content (AvgIpc) is 3.42. The topological polar surface area (TPSA) is 89.3 Å². The first-order valence-corrected chi connectivity index (χ1v) is 10.1. The fraction of sp³-hybridized carbons (Fsp3) is 0.381. The summed E-state index contributed by atoms with van der Waals surface area (Å²) in [6.07, 6.45) is 4.97. The molecule has 1 amide bonds. The monoisotopic (exact) mass is 405 g/mol. The smallest absolute Gasteiger partial charge is 0.245 e. The summed E-state index contributed by atoms with van der Waals surface area (Å²) in [6, 6.07) is 9.23. The predicted octanol–water partition coefficient (Wildman–Crippen LogP) is 1.58. The molecule has 0 N–H and O–H groups in total. The highest BCUT2D eigenvalue weighted by Gasteiger charge is 2.36. The zero-order chi connectivity index (χ0) is 20.5. The van der Waals surface area contributed by atoms with Crippen LogP contribution >= 0.6 is 0 Å². The Morgan fingerprint density at radius 1 is 1.03 bits per heavy atom. The van der Waals surface area contributed by atoms with Crippen LogP contribution in [0.15, 0.2) is 42.7 Å². The number of benzene rings is 1. The number of ether oxygens (including phenoxy) is 1. The molecule has 0 aliphatic carbocycles. The second kappa shape index (κ2) is 7.74. The number of hydrogen-bond acceptors (Lipinski definition) is 7. The number of carbonyl (C=O) groups is 1. The van der Waals surface area contributed by atoms with Gasteiger partial charge in [-0.25, -0.2) is 9.97 Å². The second-order valence-electron chi connectivity index (χ2n) is 7.43. The highest BCUT2D eigenvalue weighted by molar-refractivity contribution is 5.82. The van der Waals surface area contributed by atoms with Crippen LogP contribution in [-0.2, 0) is 11.2 Å². The molecule has 0 bridgehead atoms. The van der Waals surface area contributed by atoms with Crippen molar-refractivity contribution in [2.45, 2.75) is 18.9 Å². The maximum absolute atomic E-state index is 13.4. The molecule has 1 fully saturated rings. The van der Waals surface area contributed by atoms with Gasteiger partial charge < -0.3 is 14.5 Å². The molecule has 4 heterocycles. The summed E-state index contributed by atoms with van der Waals surface area (Å²) in [5.74, 6) is 3.10. The lowest BCUT2D eigenvalue weighted by molar-refractivity contribution is -0.134. The standard InChI is InChI=1S/C21H23N7O2/c1-30-17-6-3-2-5-15(17)19-25-24-18-8-7-16(28(18)19)20(29)26-11-13-27(14-12-26)21-22-9-4-10-23-21/h2-6,9-10,16H,7-8,11-14H2,1H3. The molecular formula is C21H23N7O2. The van der Waals surface area contributed by atoms with E-state index in [0.29, 0.717) is 24.9 Å². The van der Waals surface area contributed by atoms with Crippen LogP contribution in [-0.4, -0.2) is 68.8 Å². The number of nitrogens with zero attached hydrogens (tertiary/aromatic N) is 7. The molecule has 30 heavy (non-hydrogen) atoms. The van der Waals surface area contributed by atoms with Gasteiger partial charge in [0.1, 0.15) is 17.6 Å². The molecule has 3 aromatic rings. The van der Waals surface area contributed by atoms with Crippen LogP contribution < -0.4 is 9.64 Å². The number of anilines is 1. The van der Waals surface area contributed by atoms with Crippen molar-refractivity contribution in [1.82, 2.24) is 29.6 Å². The number of aromatic nitrogens is 5. The fourth-order valence-corrected chi connectivity index (χ4v) is 4.26. The Hall–Kier alpha value is -3.49. The van der Waals surface area contributed by atoms with E-state index in [2.05, 4.69) is 25.1 Å². The van der Waals surface area contributed by atoms with Gasteiger partial charge in [0.15, 0.2) is 5.82 Å². The summed E-state index contributed by atoms with van der Waals surface area (Å²) in [4.78, 5) is 26.1. The largest absolute Gasteiger partial charge is 0.496 e. The number of carbonyl (C=O) groups excluding carboxylic acids is 1. The van der Waals surface area contributed by atoms with Crippen LogP contribution in [0.5, 0.6) is 5.75 Å².